The van der Waals surface area contributed by atoms with Crippen LogP contribution in [0.2, 0.25) is 0 Å². The smallest absolute Gasteiger partial charge is 0.333 e. The van der Waals surface area contributed by atoms with E-state index >= 15 is 0 Å². The third kappa shape index (κ3) is 3.76. The molecule has 8 nitrogen and oxygen atoms in total. The molecule has 11 heteroatoms. The van der Waals surface area contributed by atoms with Crippen molar-refractivity contribution < 1.29 is 28.8 Å². The van der Waals surface area contributed by atoms with Gasteiger partial charge in [-0.25, -0.2) is 4.79 Å². The highest BCUT2D eigenvalue weighted by Crippen LogP contribution is 2.30. The van der Waals surface area contributed by atoms with Gasteiger partial charge in [0, 0.05) is 11.8 Å². The summed E-state index contributed by atoms with van der Waals surface area (Å²) in [6, 6.07) is 6.76. The highest BCUT2D eigenvalue weighted by molar-refractivity contribution is 14.1. The van der Waals surface area contributed by atoms with Crippen LogP contribution in [0.5, 0.6) is 0 Å². The maximum atomic E-state index is 14.6. The average Bonchev–Trinajstić information content (AvgIpc) is 2.97. The predicted octanol–water partition coefficient (Wildman–Crippen LogP) is 0.0181. The number of ether oxygens (including phenoxy) is 1. The lowest BCUT2D eigenvalue weighted by Gasteiger charge is -2.22. The molecule has 1 aliphatic heterocycles. The largest absolute Gasteiger partial charge is 0.394 e. The van der Waals surface area contributed by atoms with Crippen molar-refractivity contribution in [1.82, 2.24) is 9.13 Å². The number of aliphatic hydroxyl groups excluding tert-OH is 3. The van der Waals surface area contributed by atoms with Gasteiger partial charge in [0.2, 0.25) is 0 Å². The van der Waals surface area contributed by atoms with Gasteiger partial charge in [-0.1, -0.05) is 30.3 Å². The maximum absolute atomic E-state index is 14.6. The van der Waals surface area contributed by atoms with Gasteiger partial charge in [0.05, 0.1) is 16.7 Å². The summed E-state index contributed by atoms with van der Waals surface area (Å²) in [7, 11) is 0. The number of aliphatic hydroxyl groups is 3. The van der Waals surface area contributed by atoms with E-state index in [-0.39, 0.29) is 9.13 Å². The summed E-state index contributed by atoms with van der Waals surface area (Å²) >= 11 is 1.58. The summed E-state index contributed by atoms with van der Waals surface area (Å²) in [5.74, 6) is -3.51. The van der Waals surface area contributed by atoms with Crippen LogP contribution in [0.15, 0.2) is 46.1 Å². The first-order valence-electron chi connectivity index (χ1n) is 8.24. The Morgan fingerprint density at radius 3 is 2.36 bits per heavy atom. The Morgan fingerprint density at radius 2 is 1.79 bits per heavy atom. The molecule has 0 spiro atoms. The molecule has 2 heterocycles. The van der Waals surface area contributed by atoms with Gasteiger partial charge in [0.25, 0.3) is 11.5 Å². The lowest BCUT2D eigenvalue weighted by molar-refractivity contribution is -0.0578. The predicted molar refractivity (Wildman–Crippen MR) is 101 cm³/mol. The second-order valence-corrected chi connectivity index (χ2v) is 7.52. The molecule has 0 amide bonds. The Hall–Kier alpha value is -1.67. The minimum Gasteiger partial charge on any atom is -0.394 e. The first-order valence-corrected chi connectivity index (χ1v) is 9.32. The minimum absolute atomic E-state index is 0.0567. The van der Waals surface area contributed by atoms with Crippen molar-refractivity contribution in [1.29, 1.82) is 0 Å². The van der Waals surface area contributed by atoms with Crippen LogP contribution in [0.1, 0.15) is 11.8 Å². The van der Waals surface area contributed by atoms with Gasteiger partial charge in [0.1, 0.15) is 18.3 Å². The summed E-state index contributed by atoms with van der Waals surface area (Å²) in [5, 5.41) is 29.2. The summed E-state index contributed by atoms with van der Waals surface area (Å²) in [5.41, 5.74) is -2.40. The Kier molecular flexibility index (Phi) is 6.00. The molecule has 0 saturated carbocycles. The molecular formula is C17H17F2IN2O6. The van der Waals surface area contributed by atoms with E-state index in [0.717, 1.165) is 10.8 Å². The van der Waals surface area contributed by atoms with Crippen LogP contribution in [0.25, 0.3) is 0 Å². The third-order valence-corrected chi connectivity index (χ3v) is 5.24. The lowest BCUT2D eigenvalue weighted by Crippen LogP contribution is -2.46. The van der Waals surface area contributed by atoms with Crippen LogP contribution in [-0.2, 0) is 17.2 Å². The summed E-state index contributed by atoms with van der Waals surface area (Å²) in [4.78, 5) is 25.1. The molecule has 0 aliphatic carbocycles. The number of alkyl halides is 2. The van der Waals surface area contributed by atoms with Crippen LogP contribution >= 0.6 is 22.6 Å². The van der Waals surface area contributed by atoms with E-state index in [1.165, 1.54) is 24.3 Å². The van der Waals surface area contributed by atoms with E-state index in [1.54, 1.807) is 28.7 Å². The van der Waals surface area contributed by atoms with Crippen molar-refractivity contribution in [2.45, 2.75) is 37.0 Å². The molecule has 3 N–H and O–H groups in total. The zero-order valence-electron chi connectivity index (χ0n) is 14.3. The Balaban J connectivity index is 2.04. The maximum Gasteiger partial charge on any atom is 0.333 e. The molecule has 1 aromatic carbocycles. The Labute approximate surface area is 170 Å². The van der Waals surface area contributed by atoms with Crippen LogP contribution < -0.4 is 11.2 Å². The van der Waals surface area contributed by atoms with Gasteiger partial charge in [-0.2, -0.15) is 8.78 Å². The van der Waals surface area contributed by atoms with Gasteiger partial charge in [-0.05, 0) is 22.6 Å². The van der Waals surface area contributed by atoms with E-state index in [2.05, 4.69) is 0 Å². The molecule has 0 radical (unpaired) electrons. The van der Waals surface area contributed by atoms with Gasteiger partial charge in [-0.15, -0.1) is 0 Å². The quantitative estimate of drug-likeness (QED) is 0.489. The van der Waals surface area contributed by atoms with Crippen LogP contribution in [0.4, 0.5) is 8.78 Å². The van der Waals surface area contributed by atoms with Crippen molar-refractivity contribution in [2.75, 3.05) is 6.61 Å². The van der Waals surface area contributed by atoms with Gasteiger partial charge in [0.15, 0.2) is 6.23 Å². The summed E-state index contributed by atoms with van der Waals surface area (Å²) in [6.45, 7) is -1.83. The van der Waals surface area contributed by atoms with Crippen molar-refractivity contribution in [3.8, 4) is 0 Å². The van der Waals surface area contributed by atoms with Crippen molar-refractivity contribution in [2.24, 2.45) is 0 Å². The van der Waals surface area contributed by atoms with Gasteiger partial charge < -0.3 is 20.1 Å². The number of nitrogens with zero attached hydrogens (tertiary/aromatic N) is 2. The Bertz CT molecular complexity index is 964. The highest BCUT2D eigenvalue weighted by atomic mass is 127. The van der Waals surface area contributed by atoms with E-state index in [4.69, 9.17) is 4.74 Å². The molecule has 4 atom stereocenters. The first kappa shape index (κ1) is 21.0. The number of halogens is 3. The third-order valence-electron chi connectivity index (χ3n) is 4.50. The molecule has 3 rings (SSSR count). The summed E-state index contributed by atoms with van der Waals surface area (Å²) in [6.07, 6.45) is -4.61. The van der Waals surface area contributed by atoms with Crippen molar-refractivity contribution >= 4 is 22.6 Å². The second-order valence-electron chi connectivity index (χ2n) is 6.36. The van der Waals surface area contributed by atoms with E-state index in [1.807, 2.05) is 0 Å². The number of aromatic nitrogens is 2. The second kappa shape index (κ2) is 7.99. The monoisotopic (exact) mass is 510 g/mol. The first-order chi connectivity index (χ1) is 13.2. The standard InChI is InChI=1S/C17H17F2IN2O6/c18-17(19,9-4-2-1-3-5-9)8-22-14(26)10(20)6-21(16(22)27)15-13(25)12(24)11(7-23)28-15/h1-6,11-13,15,23-25H,7-8H2/t11-,12+,13?,15-/m1/s1. The van der Waals surface area contributed by atoms with E-state index in [9.17, 15) is 33.7 Å². The SMILES string of the molecule is O=c1c(I)cn([C@@H]2O[C@H](CO)[C@H](O)C2O)c(=O)n1CC(F)(F)c1ccccc1. The molecule has 1 unspecified atom stereocenters. The number of benzene rings is 1. The normalized spacial score (nSPS) is 25.2. The van der Waals surface area contributed by atoms with Gasteiger partial charge in [-0.3, -0.25) is 13.9 Å². The molecule has 28 heavy (non-hydrogen) atoms. The molecule has 1 aliphatic rings. The van der Waals surface area contributed by atoms with Crippen LogP contribution in [0, 0.1) is 3.57 Å². The molecule has 2 aromatic rings. The number of rotatable bonds is 5. The minimum atomic E-state index is -3.51. The van der Waals surface area contributed by atoms with Crippen molar-refractivity contribution in [3.63, 3.8) is 0 Å². The fourth-order valence-corrected chi connectivity index (χ4v) is 3.58. The van der Waals surface area contributed by atoms with E-state index < -0.39 is 54.9 Å². The zero-order valence-corrected chi connectivity index (χ0v) is 16.4. The molecule has 1 saturated heterocycles. The fraction of sp³-hybridized carbons (Fsp3) is 0.412. The molecule has 0 bridgehead atoms. The average molecular weight is 510 g/mol. The van der Waals surface area contributed by atoms with Crippen molar-refractivity contribution in [3.05, 3.63) is 66.5 Å². The highest BCUT2D eigenvalue weighted by Gasteiger charge is 2.44. The van der Waals surface area contributed by atoms with Crippen LogP contribution in [0.3, 0.4) is 0 Å². The topological polar surface area (TPSA) is 114 Å². The molecular weight excluding hydrogens is 493 g/mol. The van der Waals surface area contributed by atoms with E-state index in [0.29, 0.717) is 4.57 Å². The lowest BCUT2D eigenvalue weighted by atomic mass is 10.1. The summed E-state index contributed by atoms with van der Waals surface area (Å²) < 4.78 is 35.6. The molecule has 1 fully saturated rings. The van der Waals surface area contributed by atoms with Crippen LogP contribution in [-0.4, -0.2) is 49.4 Å². The molecule has 1 aromatic heterocycles. The zero-order chi connectivity index (χ0) is 20.6. The number of hydrogen-bond donors (Lipinski definition) is 3. The number of hydrogen-bond acceptors (Lipinski definition) is 6. The van der Waals surface area contributed by atoms with Gasteiger partial charge >= 0.3 is 5.69 Å². The fourth-order valence-electron chi connectivity index (χ4n) is 2.99. The molecule has 152 valence electrons. The Morgan fingerprint density at radius 1 is 1.14 bits per heavy atom.